The van der Waals surface area contributed by atoms with E-state index < -0.39 is 28.5 Å². The number of carbonyl (C=O) groups is 2. The monoisotopic (exact) mass is 557 g/mol. The molecule has 0 saturated heterocycles. The van der Waals surface area contributed by atoms with Crippen LogP contribution in [0, 0.1) is 0 Å². The van der Waals surface area contributed by atoms with E-state index in [-0.39, 0.29) is 24.4 Å². The summed E-state index contributed by atoms with van der Waals surface area (Å²) in [6, 6.07) is 13.9. The third-order valence-corrected chi connectivity index (χ3v) is 8.46. The Hall–Kier alpha value is -3.07. The lowest BCUT2D eigenvalue weighted by Crippen LogP contribution is -2.54. The van der Waals surface area contributed by atoms with Crippen molar-refractivity contribution < 1.29 is 22.7 Å². The Balaban J connectivity index is 1.97. The SMILES string of the molecule is CC[C@H](C(=O)NC1CCCCC1)N(Cc1cccc(OC)c1)C(=O)CN(c1ccccc1C(C)C)S(C)(=O)=O. The molecule has 8 nitrogen and oxygen atoms in total. The van der Waals surface area contributed by atoms with E-state index in [4.69, 9.17) is 4.74 Å². The molecule has 1 saturated carbocycles. The van der Waals surface area contributed by atoms with Gasteiger partial charge in [0.2, 0.25) is 21.8 Å². The lowest BCUT2D eigenvalue weighted by atomic mass is 9.95. The molecule has 39 heavy (non-hydrogen) atoms. The summed E-state index contributed by atoms with van der Waals surface area (Å²) in [6.45, 7) is 5.59. The number of nitrogens with one attached hydrogen (secondary N) is 1. The van der Waals surface area contributed by atoms with Gasteiger partial charge >= 0.3 is 0 Å². The van der Waals surface area contributed by atoms with Crippen LogP contribution in [0.1, 0.15) is 76.3 Å². The molecule has 9 heteroatoms. The van der Waals surface area contributed by atoms with E-state index in [1.54, 1.807) is 19.2 Å². The second-order valence-corrected chi connectivity index (χ2v) is 12.5. The molecule has 0 radical (unpaired) electrons. The van der Waals surface area contributed by atoms with Crippen molar-refractivity contribution in [3.8, 4) is 5.75 Å². The third-order valence-electron chi connectivity index (χ3n) is 7.33. The molecular weight excluding hydrogens is 514 g/mol. The number of anilines is 1. The summed E-state index contributed by atoms with van der Waals surface area (Å²) in [4.78, 5) is 29.1. The number of methoxy groups -OCH3 is 1. The molecule has 2 aromatic carbocycles. The second kappa shape index (κ2) is 13.8. The zero-order valence-electron chi connectivity index (χ0n) is 23.9. The molecule has 1 aliphatic carbocycles. The van der Waals surface area contributed by atoms with E-state index in [0.717, 1.165) is 47.4 Å². The van der Waals surface area contributed by atoms with Gasteiger partial charge in [0.15, 0.2) is 0 Å². The molecule has 2 amide bonds. The van der Waals surface area contributed by atoms with Crippen molar-refractivity contribution in [1.29, 1.82) is 0 Å². The van der Waals surface area contributed by atoms with Gasteiger partial charge in [-0.2, -0.15) is 0 Å². The van der Waals surface area contributed by atoms with Gasteiger partial charge in [-0.15, -0.1) is 0 Å². The first-order valence-corrected chi connectivity index (χ1v) is 15.7. The molecule has 0 unspecified atom stereocenters. The van der Waals surface area contributed by atoms with Gasteiger partial charge in [0, 0.05) is 12.6 Å². The average Bonchev–Trinajstić information content (AvgIpc) is 2.91. The number of ether oxygens (including phenoxy) is 1. The molecule has 0 heterocycles. The predicted octanol–water partition coefficient (Wildman–Crippen LogP) is 4.84. The summed E-state index contributed by atoms with van der Waals surface area (Å²) in [6.07, 6.45) is 6.69. The van der Waals surface area contributed by atoms with Crippen LogP contribution < -0.4 is 14.4 Å². The molecular formula is C30H43N3O5S. The molecule has 1 aliphatic rings. The lowest BCUT2D eigenvalue weighted by Gasteiger charge is -2.34. The first kappa shape index (κ1) is 30.5. The normalized spacial score (nSPS) is 15.0. The summed E-state index contributed by atoms with van der Waals surface area (Å²) in [5, 5.41) is 3.16. The van der Waals surface area contributed by atoms with Crippen LogP contribution in [0.2, 0.25) is 0 Å². The van der Waals surface area contributed by atoms with Crippen LogP contribution >= 0.6 is 0 Å². The lowest BCUT2D eigenvalue weighted by molar-refractivity contribution is -0.140. The fourth-order valence-corrected chi connectivity index (χ4v) is 6.10. The fraction of sp³-hybridized carbons (Fsp3) is 0.533. The van der Waals surface area contributed by atoms with Gasteiger partial charge in [-0.1, -0.05) is 70.4 Å². The molecule has 2 aromatic rings. The number of carbonyl (C=O) groups excluding carboxylic acids is 2. The smallest absolute Gasteiger partial charge is 0.244 e. The maximum atomic E-state index is 14.0. The van der Waals surface area contributed by atoms with Gasteiger partial charge in [0.25, 0.3) is 0 Å². The van der Waals surface area contributed by atoms with Crippen molar-refractivity contribution in [2.24, 2.45) is 0 Å². The number of sulfonamides is 1. The summed E-state index contributed by atoms with van der Waals surface area (Å²) >= 11 is 0. The maximum Gasteiger partial charge on any atom is 0.244 e. The first-order chi connectivity index (χ1) is 18.5. The van der Waals surface area contributed by atoms with Crippen LogP contribution in [0.3, 0.4) is 0 Å². The van der Waals surface area contributed by atoms with Gasteiger partial charge < -0.3 is 15.0 Å². The Kier molecular flexibility index (Phi) is 10.8. The highest BCUT2D eigenvalue weighted by Crippen LogP contribution is 2.29. The van der Waals surface area contributed by atoms with Gasteiger partial charge in [-0.25, -0.2) is 8.42 Å². The molecule has 0 spiro atoms. The van der Waals surface area contributed by atoms with Gasteiger partial charge in [-0.3, -0.25) is 13.9 Å². The van der Waals surface area contributed by atoms with Crippen LogP contribution in [-0.4, -0.2) is 57.1 Å². The van der Waals surface area contributed by atoms with E-state index in [1.807, 2.05) is 57.2 Å². The molecule has 1 atom stereocenters. The van der Waals surface area contributed by atoms with Crippen LogP contribution in [0.5, 0.6) is 5.75 Å². The van der Waals surface area contributed by atoms with E-state index in [2.05, 4.69) is 5.32 Å². The van der Waals surface area contributed by atoms with E-state index in [9.17, 15) is 18.0 Å². The summed E-state index contributed by atoms with van der Waals surface area (Å²) in [7, 11) is -2.22. The van der Waals surface area contributed by atoms with Crippen molar-refractivity contribution in [2.75, 3.05) is 24.2 Å². The highest BCUT2D eigenvalue weighted by Gasteiger charge is 2.33. The van der Waals surface area contributed by atoms with Crippen molar-refractivity contribution in [2.45, 2.75) is 83.8 Å². The highest BCUT2D eigenvalue weighted by molar-refractivity contribution is 7.92. The molecule has 1 fully saturated rings. The Bertz CT molecular complexity index is 1220. The second-order valence-electron chi connectivity index (χ2n) is 10.6. The van der Waals surface area contributed by atoms with Gasteiger partial charge in [-0.05, 0) is 54.5 Å². The van der Waals surface area contributed by atoms with Crippen molar-refractivity contribution in [1.82, 2.24) is 10.2 Å². The number of nitrogens with zero attached hydrogens (tertiary/aromatic N) is 2. The van der Waals surface area contributed by atoms with Crippen LogP contribution in [0.4, 0.5) is 5.69 Å². The standard InChI is InChI=1S/C30H43N3O5S/c1-6-27(30(35)31-24-14-8-7-9-15-24)32(20-23-13-12-16-25(19-23)38-4)29(34)21-33(39(5,36)37)28-18-11-10-17-26(28)22(2)3/h10-13,16-19,22,24,27H,6-9,14-15,20-21H2,1-5H3,(H,31,35)/t27-/m1/s1. The predicted molar refractivity (Wildman–Crippen MR) is 155 cm³/mol. The van der Waals surface area contributed by atoms with Crippen LogP contribution in [0.15, 0.2) is 48.5 Å². The molecule has 0 aromatic heterocycles. The Morgan fingerprint density at radius 2 is 1.74 bits per heavy atom. The highest BCUT2D eigenvalue weighted by atomic mass is 32.2. The average molecular weight is 558 g/mol. The van der Waals surface area contributed by atoms with Crippen molar-refractivity contribution in [3.63, 3.8) is 0 Å². The fourth-order valence-electron chi connectivity index (χ4n) is 5.23. The topological polar surface area (TPSA) is 96.0 Å². The van der Waals surface area contributed by atoms with Crippen LogP contribution in [-0.2, 0) is 26.2 Å². The number of benzene rings is 2. The minimum Gasteiger partial charge on any atom is -0.497 e. The zero-order valence-corrected chi connectivity index (χ0v) is 24.7. The van der Waals surface area contributed by atoms with E-state index in [0.29, 0.717) is 17.9 Å². The number of amides is 2. The number of para-hydroxylation sites is 1. The first-order valence-electron chi connectivity index (χ1n) is 13.8. The quantitative estimate of drug-likeness (QED) is 0.403. The maximum absolute atomic E-state index is 14.0. The van der Waals surface area contributed by atoms with Crippen molar-refractivity contribution >= 4 is 27.5 Å². The van der Waals surface area contributed by atoms with Crippen LogP contribution in [0.25, 0.3) is 0 Å². The minimum atomic E-state index is -3.80. The molecule has 0 bridgehead atoms. The number of hydrogen-bond donors (Lipinski definition) is 1. The Morgan fingerprint density at radius 3 is 2.36 bits per heavy atom. The largest absolute Gasteiger partial charge is 0.497 e. The van der Waals surface area contributed by atoms with Gasteiger partial charge in [0.05, 0.1) is 19.1 Å². The van der Waals surface area contributed by atoms with E-state index >= 15 is 0 Å². The Labute approximate surface area is 233 Å². The van der Waals surface area contributed by atoms with Gasteiger partial charge in [0.1, 0.15) is 18.3 Å². The molecule has 1 N–H and O–H groups in total. The Morgan fingerprint density at radius 1 is 1.05 bits per heavy atom. The summed E-state index contributed by atoms with van der Waals surface area (Å²) in [5.41, 5.74) is 2.10. The summed E-state index contributed by atoms with van der Waals surface area (Å²) in [5.74, 6) is 0.0582. The number of hydrogen-bond acceptors (Lipinski definition) is 5. The minimum absolute atomic E-state index is 0.0538. The third kappa shape index (κ3) is 8.21. The van der Waals surface area contributed by atoms with E-state index in [1.165, 1.54) is 11.3 Å². The number of rotatable bonds is 12. The van der Waals surface area contributed by atoms with Crippen molar-refractivity contribution in [3.05, 3.63) is 59.7 Å². The zero-order chi connectivity index (χ0) is 28.6. The molecule has 214 valence electrons. The molecule has 3 rings (SSSR count). The molecule has 0 aliphatic heterocycles. The summed E-state index contributed by atoms with van der Waals surface area (Å²) < 4.78 is 32.5.